The van der Waals surface area contributed by atoms with Crippen molar-refractivity contribution in [3.05, 3.63) is 58.5 Å². The maximum absolute atomic E-state index is 14.6. The van der Waals surface area contributed by atoms with Crippen LogP contribution in [-0.4, -0.2) is 56.5 Å². The van der Waals surface area contributed by atoms with E-state index >= 15 is 0 Å². The molecule has 1 saturated carbocycles. The highest BCUT2D eigenvalue weighted by molar-refractivity contribution is 6.31. The summed E-state index contributed by atoms with van der Waals surface area (Å²) in [6, 6.07) is 9.48. The summed E-state index contributed by atoms with van der Waals surface area (Å²) in [4.78, 5) is 36.4. The Morgan fingerprint density at radius 2 is 1.86 bits per heavy atom. The lowest BCUT2D eigenvalue weighted by atomic mass is 9.93. The molecule has 1 aromatic heterocycles. The summed E-state index contributed by atoms with van der Waals surface area (Å²) < 4.78 is 15.8. The normalized spacial score (nSPS) is 17.5. The fourth-order valence-electron chi connectivity index (χ4n) is 4.35. The average molecular weight is 532 g/mol. The van der Waals surface area contributed by atoms with Gasteiger partial charge in [-0.2, -0.15) is 5.10 Å². The van der Waals surface area contributed by atoms with Crippen LogP contribution in [0.4, 0.5) is 10.1 Å². The van der Waals surface area contributed by atoms with Crippen LogP contribution in [0.5, 0.6) is 0 Å². The number of hydrogen-bond acceptors (Lipinski definition) is 6. The first-order valence-electron chi connectivity index (χ1n) is 11.9. The monoisotopic (exact) mass is 531 g/mol. The van der Waals surface area contributed by atoms with Crippen molar-refractivity contribution in [3.8, 4) is 0 Å². The minimum atomic E-state index is -1.11. The number of rotatable bonds is 9. The Morgan fingerprint density at radius 1 is 1.14 bits per heavy atom. The molecule has 1 aliphatic carbocycles. The van der Waals surface area contributed by atoms with Gasteiger partial charge in [-0.15, -0.1) is 0 Å². The molecule has 1 aliphatic rings. The predicted octanol–water partition coefficient (Wildman–Crippen LogP) is 2.67. The quantitative estimate of drug-likeness (QED) is 0.285. The van der Waals surface area contributed by atoms with Gasteiger partial charge < -0.3 is 26.2 Å². The summed E-state index contributed by atoms with van der Waals surface area (Å²) in [5.74, 6) is -2.78. The van der Waals surface area contributed by atoms with Gasteiger partial charge in [-0.1, -0.05) is 29.8 Å². The van der Waals surface area contributed by atoms with Gasteiger partial charge in [0, 0.05) is 29.2 Å². The van der Waals surface area contributed by atoms with E-state index in [1.807, 2.05) is 0 Å². The number of carbonyl (C=O) groups is 3. The third-order valence-corrected chi connectivity index (χ3v) is 6.52. The molecule has 0 spiro atoms. The van der Waals surface area contributed by atoms with Crippen LogP contribution in [0.2, 0.25) is 5.02 Å². The van der Waals surface area contributed by atoms with Crippen molar-refractivity contribution < 1.29 is 29.0 Å². The maximum Gasteiger partial charge on any atom is 0.325 e. The molecule has 10 nitrogen and oxygen atoms in total. The first kappa shape index (κ1) is 26.5. The second kappa shape index (κ2) is 11.7. The van der Waals surface area contributed by atoms with E-state index in [2.05, 4.69) is 21.0 Å². The molecule has 5 N–H and O–H groups in total. The number of para-hydroxylation sites is 1. The van der Waals surface area contributed by atoms with Crippen LogP contribution in [0.1, 0.15) is 41.7 Å². The summed E-state index contributed by atoms with van der Waals surface area (Å²) in [6.45, 7) is -0.508. The molecule has 0 aliphatic heterocycles. The lowest BCUT2D eigenvalue weighted by molar-refractivity contribution is -0.137. The molecule has 0 atom stereocenters. The van der Waals surface area contributed by atoms with Crippen LogP contribution in [0.3, 0.4) is 0 Å². The number of carbonyl (C=O) groups excluding carboxylic acids is 2. The average Bonchev–Trinajstić information content (AvgIpc) is 3.23. The number of aromatic nitrogens is 2. The Kier molecular flexibility index (Phi) is 8.37. The van der Waals surface area contributed by atoms with E-state index < -0.39 is 24.2 Å². The number of nitrogens with one attached hydrogen (secondary N) is 3. The summed E-state index contributed by atoms with van der Waals surface area (Å²) in [5.41, 5.74) is 0.761. The molecule has 37 heavy (non-hydrogen) atoms. The van der Waals surface area contributed by atoms with Crippen molar-refractivity contribution in [1.82, 2.24) is 20.4 Å². The molecule has 2 aromatic carbocycles. The SMILES string of the molecule is O=C(O)Cn1nc(C(=O)Nc2cc(Cl)c(F)c(CNC(=O)CN[C@H]3CC[C@@H](O)CC3)c2)c2ccccc21. The Bertz CT molecular complexity index is 1320. The molecular formula is C25H27ClFN5O5. The number of aliphatic hydroxyl groups excluding tert-OH is 1. The number of nitrogens with zero attached hydrogens (tertiary/aromatic N) is 2. The molecule has 4 rings (SSSR count). The van der Waals surface area contributed by atoms with Crippen LogP contribution >= 0.6 is 11.6 Å². The topological polar surface area (TPSA) is 146 Å². The second-order valence-corrected chi connectivity index (χ2v) is 9.37. The van der Waals surface area contributed by atoms with Crippen molar-refractivity contribution in [1.29, 1.82) is 0 Å². The zero-order valence-corrected chi connectivity index (χ0v) is 20.6. The van der Waals surface area contributed by atoms with Crippen molar-refractivity contribution in [3.63, 3.8) is 0 Å². The molecule has 3 aromatic rings. The van der Waals surface area contributed by atoms with E-state index in [1.54, 1.807) is 24.3 Å². The van der Waals surface area contributed by atoms with Crippen LogP contribution in [-0.2, 0) is 22.7 Å². The lowest BCUT2D eigenvalue weighted by Gasteiger charge is -2.26. The Hall–Kier alpha value is -3.54. The number of fused-ring (bicyclic) bond motifs is 1. The Balaban J connectivity index is 1.42. The number of halogens is 2. The molecule has 12 heteroatoms. The van der Waals surface area contributed by atoms with E-state index in [-0.39, 0.29) is 53.1 Å². The van der Waals surface area contributed by atoms with Gasteiger partial charge in [0.2, 0.25) is 5.91 Å². The van der Waals surface area contributed by atoms with E-state index in [9.17, 15) is 23.9 Å². The van der Waals surface area contributed by atoms with Gasteiger partial charge in [0.25, 0.3) is 5.91 Å². The first-order valence-corrected chi connectivity index (χ1v) is 12.2. The third kappa shape index (κ3) is 6.62. The van der Waals surface area contributed by atoms with Gasteiger partial charge >= 0.3 is 5.97 Å². The predicted molar refractivity (Wildman–Crippen MR) is 135 cm³/mol. The summed E-state index contributed by atoms with van der Waals surface area (Å²) in [6.07, 6.45) is 2.66. The van der Waals surface area contributed by atoms with Crippen LogP contribution in [0, 0.1) is 5.82 Å². The Labute approximate surface area is 216 Å². The molecule has 1 heterocycles. The van der Waals surface area contributed by atoms with Gasteiger partial charge in [0.15, 0.2) is 5.69 Å². The molecule has 0 unspecified atom stereocenters. The largest absolute Gasteiger partial charge is 0.480 e. The van der Waals surface area contributed by atoms with Crippen LogP contribution < -0.4 is 16.0 Å². The van der Waals surface area contributed by atoms with Gasteiger partial charge in [0.05, 0.1) is 23.2 Å². The van der Waals surface area contributed by atoms with Crippen molar-refractivity contribution in [2.75, 3.05) is 11.9 Å². The zero-order valence-electron chi connectivity index (χ0n) is 19.8. The number of benzene rings is 2. The third-order valence-electron chi connectivity index (χ3n) is 6.24. The van der Waals surface area contributed by atoms with Crippen LogP contribution in [0.25, 0.3) is 10.9 Å². The highest BCUT2D eigenvalue weighted by Gasteiger charge is 2.21. The first-order chi connectivity index (χ1) is 17.7. The molecule has 196 valence electrons. The number of aliphatic hydroxyl groups is 1. The zero-order chi connectivity index (χ0) is 26.5. The molecule has 0 bridgehead atoms. The van der Waals surface area contributed by atoms with Gasteiger partial charge in [-0.05, 0) is 43.9 Å². The number of amides is 2. The van der Waals surface area contributed by atoms with E-state index in [0.29, 0.717) is 23.7 Å². The van der Waals surface area contributed by atoms with E-state index in [0.717, 1.165) is 12.8 Å². The number of aliphatic carboxylic acids is 1. The van der Waals surface area contributed by atoms with Crippen molar-refractivity contribution >= 4 is 46.0 Å². The highest BCUT2D eigenvalue weighted by Crippen LogP contribution is 2.26. The molecule has 0 saturated heterocycles. The number of hydrogen-bond donors (Lipinski definition) is 5. The molecule has 0 radical (unpaired) electrons. The lowest BCUT2D eigenvalue weighted by Crippen LogP contribution is -2.41. The van der Waals surface area contributed by atoms with Crippen molar-refractivity contribution in [2.24, 2.45) is 0 Å². The van der Waals surface area contributed by atoms with Gasteiger partial charge in [-0.3, -0.25) is 19.1 Å². The molecule has 1 fully saturated rings. The molecule has 2 amide bonds. The van der Waals surface area contributed by atoms with Gasteiger partial charge in [0.1, 0.15) is 12.4 Å². The minimum absolute atomic E-state index is 0.00783. The van der Waals surface area contributed by atoms with E-state index in [1.165, 1.54) is 16.8 Å². The number of anilines is 1. The van der Waals surface area contributed by atoms with Crippen molar-refractivity contribution in [2.45, 2.75) is 50.9 Å². The molecular weight excluding hydrogens is 505 g/mol. The summed E-state index contributed by atoms with van der Waals surface area (Å²) in [7, 11) is 0. The minimum Gasteiger partial charge on any atom is -0.480 e. The second-order valence-electron chi connectivity index (χ2n) is 8.97. The fraction of sp³-hybridized carbons (Fsp3) is 0.360. The highest BCUT2D eigenvalue weighted by atomic mass is 35.5. The summed E-state index contributed by atoms with van der Waals surface area (Å²) in [5, 5.41) is 31.5. The number of carboxylic acid groups (broad SMARTS) is 1. The smallest absolute Gasteiger partial charge is 0.325 e. The maximum atomic E-state index is 14.6. The Morgan fingerprint density at radius 3 is 2.59 bits per heavy atom. The van der Waals surface area contributed by atoms with Crippen LogP contribution in [0.15, 0.2) is 36.4 Å². The number of carboxylic acids is 1. The fourth-order valence-corrected chi connectivity index (χ4v) is 4.59. The van der Waals surface area contributed by atoms with E-state index in [4.69, 9.17) is 16.7 Å². The standard InChI is InChI=1S/C25H27ClFN5O5/c26-19-10-16(30-25(37)24-18-3-1-2-4-20(18)32(31-24)13-22(35)36)9-14(23(19)27)11-29-21(34)12-28-15-5-7-17(33)8-6-15/h1-4,9-10,15,17,28,33H,5-8,11-13H2,(H,29,34)(H,30,37)(H,35,36)/t15-,17+. The van der Waals surface area contributed by atoms with Gasteiger partial charge in [-0.25, -0.2) is 4.39 Å². The summed E-state index contributed by atoms with van der Waals surface area (Å²) >= 11 is 6.04.